The minimum Gasteiger partial charge on any atom is -0.387 e. The number of halogens is 2. The van der Waals surface area contributed by atoms with Crippen molar-refractivity contribution in [1.29, 1.82) is 0 Å². The zero-order valence-electron chi connectivity index (χ0n) is 19.8. The lowest BCUT2D eigenvalue weighted by Gasteiger charge is -2.29. The maximum absolute atomic E-state index is 12.9. The molecule has 0 fully saturated rings. The van der Waals surface area contributed by atoms with E-state index in [0.717, 1.165) is 10.4 Å². The number of amides is 3. The van der Waals surface area contributed by atoms with Crippen molar-refractivity contribution >= 4 is 52.2 Å². The van der Waals surface area contributed by atoms with Crippen molar-refractivity contribution < 1.29 is 14.7 Å². The molecule has 0 aliphatic heterocycles. The quantitative estimate of drug-likeness (QED) is 0.301. The summed E-state index contributed by atoms with van der Waals surface area (Å²) in [6.45, 7) is 6.37. The lowest BCUT2D eigenvalue weighted by molar-refractivity contribution is 0.0958. The molecule has 3 rings (SSSR count). The van der Waals surface area contributed by atoms with Gasteiger partial charge < -0.3 is 20.6 Å². The van der Waals surface area contributed by atoms with Crippen LogP contribution in [0.15, 0.2) is 54.6 Å². The van der Waals surface area contributed by atoms with Gasteiger partial charge in [-0.2, -0.15) is 0 Å². The van der Waals surface area contributed by atoms with Crippen LogP contribution in [0, 0.1) is 6.92 Å². The number of aryl methyl sites for hydroxylation is 1. The number of carbonyl (C=O) groups is 2. The second-order valence-corrected chi connectivity index (χ2v) is 10.6. The summed E-state index contributed by atoms with van der Waals surface area (Å²) in [5, 5.41) is 17.2. The van der Waals surface area contributed by atoms with Gasteiger partial charge >= 0.3 is 6.03 Å². The first-order valence-electron chi connectivity index (χ1n) is 11.3. The van der Waals surface area contributed by atoms with Gasteiger partial charge in [0.2, 0.25) is 0 Å². The summed E-state index contributed by atoms with van der Waals surface area (Å²) in [7, 11) is 0. The van der Waals surface area contributed by atoms with Crippen LogP contribution in [0.3, 0.4) is 0 Å². The molecule has 186 valence electrons. The number of nitrogens with one attached hydrogen (secondary N) is 2. The molecule has 6 nitrogen and oxygen atoms in total. The Balaban J connectivity index is 1.53. The van der Waals surface area contributed by atoms with Crippen molar-refractivity contribution in [2.75, 3.05) is 18.4 Å². The third kappa shape index (κ3) is 7.70. The molecule has 35 heavy (non-hydrogen) atoms. The molecule has 0 unspecified atom stereocenters. The van der Waals surface area contributed by atoms with Crippen LogP contribution in [0.5, 0.6) is 0 Å². The number of rotatable bonds is 9. The number of carbonyl (C=O) groups excluding carboxylic acids is 2. The fourth-order valence-electron chi connectivity index (χ4n) is 3.45. The van der Waals surface area contributed by atoms with Crippen LogP contribution in [0.2, 0.25) is 10.0 Å². The monoisotopic (exact) mass is 533 g/mol. The zero-order valence-corrected chi connectivity index (χ0v) is 22.2. The van der Waals surface area contributed by atoms with Gasteiger partial charge in [0.25, 0.3) is 5.91 Å². The topological polar surface area (TPSA) is 81.7 Å². The number of aliphatic hydroxyl groups excluding tert-OH is 1. The molecule has 9 heteroatoms. The molecule has 0 saturated heterocycles. The van der Waals surface area contributed by atoms with Gasteiger partial charge in [0.05, 0.1) is 27.6 Å². The number of aliphatic hydroxyl groups is 1. The Kier molecular flexibility index (Phi) is 9.57. The number of urea groups is 1. The first-order valence-corrected chi connectivity index (χ1v) is 12.9. The Morgan fingerprint density at radius 3 is 2.34 bits per heavy atom. The van der Waals surface area contributed by atoms with Gasteiger partial charge in [-0.3, -0.25) is 4.79 Å². The highest BCUT2D eigenvalue weighted by atomic mass is 35.5. The van der Waals surface area contributed by atoms with E-state index in [-0.39, 0.29) is 24.5 Å². The van der Waals surface area contributed by atoms with Crippen LogP contribution in [0.4, 0.5) is 10.5 Å². The lowest BCUT2D eigenvalue weighted by atomic mass is 10.1. The molecule has 3 aromatic rings. The Hall–Kier alpha value is -2.58. The molecule has 0 bridgehead atoms. The van der Waals surface area contributed by atoms with Gasteiger partial charge in [0, 0.05) is 23.2 Å². The van der Waals surface area contributed by atoms with Crippen LogP contribution in [-0.4, -0.2) is 41.1 Å². The van der Waals surface area contributed by atoms with Gasteiger partial charge in [-0.15, -0.1) is 11.3 Å². The van der Waals surface area contributed by atoms with Crippen LogP contribution in [0.1, 0.15) is 45.6 Å². The highest BCUT2D eigenvalue weighted by Gasteiger charge is 2.22. The number of nitrogens with zero attached hydrogens (tertiary/aromatic N) is 1. The summed E-state index contributed by atoms with van der Waals surface area (Å²) in [6, 6.07) is 15.7. The molecule has 3 N–H and O–H groups in total. The number of hydrogen-bond donors (Lipinski definition) is 3. The molecule has 0 aliphatic carbocycles. The number of hydrogen-bond acceptors (Lipinski definition) is 4. The van der Waals surface area contributed by atoms with E-state index in [0.29, 0.717) is 39.1 Å². The maximum Gasteiger partial charge on any atom is 0.322 e. The van der Waals surface area contributed by atoms with Gasteiger partial charge in [0.15, 0.2) is 0 Å². The van der Waals surface area contributed by atoms with Crippen LogP contribution < -0.4 is 10.6 Å². The summed E-state index contributed by atoms with van der Waals surface area (Å²) in [6.07, 6.45) is -0.230. The van der Waals surface area contributed by atoms with Gasteiger partial charge in [-0.25, -0.2) is 4.79 Å². The fourth-order valence-corrected chi connectivity index (χ4v) is 4.54. The molecular weight excluding hydrogens is 505 g/mol. The largest absolute Gasteiger partial charge is 0.387 e. The average Bonchev–Trinajstić information content (AvgIpc) is 3.26. The predicted molar refractivity (Wildman–Crippen MR) is 144 cm³/mol. The van der Waals surface area contributed by atoms with Crippen molar-refractivity contribution in [3.05, 3.63) is 85.5 Å². The molecule has 1 heterocycles. The minimum atomic E-state index is -0.909. The van der Waals surface area contributed by atoms with E-state index in [2.05, 4.69) is 10.6 Å². The van der Waals surface area contributed by atoms with Gasteiger partial charge in [-0.05, 0) is 74.7 Å². The van der Waals surface area contributed by atoms with Gasteiger partial charge in [-0.1, -0.05) is 41.4 Å². The number of benzene rings is 2. The third-order valence-corrected chi connectivity index (χ3v) is 7.19. The highest BCUT2D eigenvalue weighted by molar-refractivity contribution is 7.13. The molecule has 3 amide bonds. The molecule has 0 aliphatic rings. The highest BCUT2D eigenvalue weighted by Crippen LogP contribution is 2.26. The number of thiophene rings is 1. The molecule has 0 saturated carbocycles. The predicted octanol–water partition coefficient (Wildman–Crippen LogP) is 6.31. The summed E-state index contributed by atoms with van der Waals surface area (Å²) in [4.78, 5) is 28.4. The van der Waals surface area contributed by atoms with E-state index in [1.165, 1.54) is 11.3 Å². The van der Waals surface area contributed by atoms with Crippen molar-refractivity contribution in [1.82, 2.24) is 10.2 Å². The molecule has 0 spiro atoms. The van der Waals surface area contributed by atoms with E-state index in [1.807, 2.05) is 57.2 Å². The Morgan fingerprint density at radius 1 is 1.03 bits per heavy atom. The number of anilines is 1. The van der Waals surface area contributed by atoms with E-state index in [4.69, 9.17) is 23.2 Å². The van der Waals surface area contributed by atoms with E-state index >= 15 is 0 Å². The zero-order chi connectivity index (χ0) is 25.5. The average molecular weight is 535 g/mol. The second-order valence-electron chi connectivity index (χ2n) is 8.48. The minimum absolute atomic E-state index is 0.0659. The van der Waals surface area contributed by atoms with Crippen LogP contribution in [0.25, 0.3) is 0 Å². The third-order valence-electron chi connectivity index (χ3n) is 5.45. The molecule has 1 aromatic heterocycles. The van der Waals surface area contributed by atoms with Crippen LogP contribution in [-0.2, 0) is 6.42 Å². The molecular formula is C26H29Cl2N3O3S. The Labute approximate surface area is 219 Å². The summed E-state index contributed by atoms with van der Waals surface area (Å²) in [5.41, 5.74) is 2.27. The Morgan fingerprint density at radius 2 is 1.74 bits per heavy atom. The van der Waals surface area contributed by atoms with Gasteiger partial charge in [0.1, 0.15) is 0 Å². The van der Waals surface area contributed by atoms with E-state index < -0.39 is 6.10 Å². The molecule has 2 aromatic carbocycles. The fraction of sp³-hybridized carbons (Fsp3) is 0.308. The standard InChI is InChI=1S/C26H29Cl2N3O3S/c1-16(2)31(15-23(32)19-7-10-21(27)22(28)14-19)26(34)30-20-8-5-18(6-9-20)12-13-29-25(33)24-11-4-17(3)35-24/h4-11,14,16,23,32H,12-13,15H2,1-3H3,(H,29,33)(H,30,34)/t23-/m1/s1. The SMILES string of the molecule is Cc1ccc(C(=O)NCCc2ccc(NC(=O)N(C[C@@H](O)c3ccc(Cl)c(Cl)c3)C(C)C)cc2)s1. The summed E-state index contributed by atoms with van der Waals surface area (Å²) >= 11 is 13.5. The van der Waals surface area contributed by atoms with Crippen molar-refractivity contribution in [2.24, 2.45) is 0 Å². The lowest BCUT2D eigenvalue weighted by Crippen LogP contribution is -2.42. The first kappa shape index (κ1) is 27.0. The first-order chi connectivity index (χ1) is 16.6. The van der Waals surface area contributed by atoms with E-state index in [9.17, 15) is 14.7 Å². The van der Waals surface area contributed by atoms with Crippen molar-refractivity contribution in [3.63, 3.8) is 0 Å². The molecule has 1 atom stereocenters. The van der Waals surface area contributed by atoms with E-state index in [1.54, 1.807) is 23.1 Å². The summed E-state index contributed by atoms with van der Waals surface area (Å²) in [5.74, 6) is -0.0659. The smallest absolute Gasteiger partial charge is 0.322 e. The normalized spacial score (nSPS) is 11.9. The van der Waals surface area contributed by atoms with Crippen molar-refractivity contribution in [2.45, 2.75) is 39.3 Å². The molecule has 0 radical (unpaired) electrons. The maximum atomic E-state index is 12.9. The summed E-state index contributed by atoms with van der Waals surface area (Å²) < 4.78 is 0. The van der Waals surface area contributed by atoms with Crippen LogP contribution >= 0.6 is 34.5 Å². The Bertz CT molecular complexity index is 1160. The van der Waals surface area contributed by atoms with Crippen molar-refractivity contribution in [3.8, 4) is 0 Å². The second kappa shape index (κ2) is 12.4.